The molecule has 0 aromatic heterocycles. The molecule has 0 amide bonds. The first-order chi connectivity index (χ1) is 9.54. The van der Waals surface area contributed by atoms with E-state index in [9.17, 15) is 0 Å². The summed E-state index contributed by atoms with van der Waals surface area (Å²) in [6, 6.07) is 12.1. The van der Waals surface area contributed by atoms with Crippen LogP contribution in [0.5, 0.6) is 5.75 Å². The molecule has 0 fully saturated rings. The molecular weight excluding hydrogens is 291 g/mol. The van der Waals surface area contributed by atoms with Gasteiger partial charge in [0.1, 0.15) is 11.9 Å². The van der Waals surface area contributed by atoms with Gasteiger partial charge in [-0.05, 0) is 48.2 Å². The standard InChI is InChI=1S/C17H16Cl2O/c1-10-3-5-14(15(18)7-10)17(19)12-4-6-16-13(9-12)8-11(2)20-16/h3-7,9,11,17H,8H2,1-2H3. The van der Waals surface area contributed by atoms with E-state index in [2.05, 4.69) is 13.0 Å². The molecule has 2 unspecified atom stereocenters. The zero-order valence-electron chi connectivity index (χ0n) is 11.5. The number of fused-ring (bicyclic) bond motifs is 1. The highest BCUT2D eigenvalue weighted by Gasteiger charge is 2.21. The number of alkyl halides is 1. The predicted molar refractivity (Wildman–Crippen MR) is 84.1 cm³/mol. The van der Waals surface area contributed by atoms with Crippen molar-refractivity contribution >= 4 is 23.2 Å². The second kappa shape index (κ2) is 5.31. The molecule has 0 spiro atoms. The highest BCUT2D eigenvalue weighted by atomic mass is 35.5. The van der Waals surface area contributed by atoms with Crippen LogP contribution in [0.1, 0.15) is 34.6 Å². The van der Waals surface area contributed by atoms with E-state index in [4.69, 9.17) is 27.9 Å². The molecular formula is C17H16Cl2O. The summed E-state index contributed by atoms with van der Waals surface area (Å²) in [4.78, 5) is 0. The highest BCUT2D eigenvalue weighted by molar-refractivity contribution is 6.33. The number of benzene rings is 2. The van der Waals surface area contributed by atoms with Crippen molar-refractivity contribution in [3.05, 3.63) is 63.7 Å². The SMILES string of the molecule is Cc1ccc(C(Cl)c2ccc3c(c2)CC(C)O3)c(Cl)c1. The topological polar surface area (TPSA) is 9.23 Å². The third-order valence-electron chi connectivity index (χ3n) is 3.64. The van der Waals surface area contributed by atoms with Gasteiger partial charge in [0.25, 0.3) is 0 Å². The summed E-state index contributed by atoms with van der Waals surface area (Å²) in [5.74, 6) is 0.972. The molecule has 2 atom stereocenters. The Labute approximate surface area is 129 Å². The van der Waals surface area contributed by atoms with Crippen molar-refractivity contribution in [3.8, 4) is 5.75 Å². The Morgan fingerprint density at radius 1 is 1.20 bits per heavy atom. The highest BCUT2D eigenvalue weighted by Crippen LogP contribution is 2.37. The molecule has 0 bridgehead atoms. The Hall–Kier alpha value is -1.18. The van der Waals surface area contributed by atoms with Gasteiger partial charge in [-0.2, -0.15) is 0 Å². The van der Waals surface area contributed by atoms with Crippen LogP contribution in [0.3, 0.4) is 0 Å². The van der Waals surface area contributed by atoms with Crippen molar-refractivity contribution in [3.63, 3.8) is 0 Å². The van der Waals surface area contributed by atoms with Crippen LogP contribution in [0, 0.1) is 6.92 Å². The molecule has 0 saturated carbocycles. The van der Waals surface area contributed by atoms with E-state index in [1.807, 2.05) is 37.3 Å². The lowest BCUT2D eigenvalue weighted by Crippen LogP contribution is -2.05. The maximum absolute atomic E-state index is 6.60. The fourth-order valence-electron chi connectivity index (χ4n) is 2.62. The molecule has 3 rings (SSSR count). The Morgan fingerprint density at radius 2 is 2.00 bits per heavy atom. The van der Waals surface area contributed by atoms with Crippen LogP contribution in [0.25, 0.3) is 0 Å². The van der Waals surface area contributed by atoms with Crippen LogP contribution < -0.4 is 4.74 Å². The van der Waals surface area contributed by atoms with E-state index in [0.717, 1.165) is 33.9 Å². The van der Waals surface area contributed by atoms with Crippen molar-refractivity contribution in [1.82, 2.24) is 0 Å². The minimum atomic E-state index is -0.232. The number of aryl methyl sites for hydroxylation is 1. The van der Waals surface area contributed by atoms with Gasteiger partial charge >= 0.3 is 0 Å². The van der Waals surface area contributed by atoms with E-state index >= 15 is 0 Å². The zero-order chi connectivity index (χ0) is 14.3. The van der Waals surface area contributed by atoms with Crippen molar-refractivity contribution in [2.24, 2.45) is 0 Å². The van der Waals surface area contributed by atoms with Gasteiger partial charge in [-0.1, -0.05) is 35.9 Å². The van der Waals surface area contributed by atoms with Crippen molar-refractivity contribution in [2.45, 2.75) is 31.7 Å². The summed E-state index contributed by atoms with van der Waals surface area (Å²) >= 11 is 12.9. The molecule has 104 valence electrons. The molecule has 2 aromatic rings. The molecule has 1 aliphatic rings. The van der Waals surface area contributed by atoms with Gasteiger partial charge in [-0.3, -0.25) is 0 Å². The molecule has 2 aromatic carbocycles. The summed E-state index contributed by atoms with van der Waals surface area (Å²) in [7, 11) is 0. The largest absolute Gasteiger partial charge is 0.490 e. The van der Waals surface area contributed by atoms with Crippen molar-refractivity contribution in [1.29, 1.82) is 0 Å². The molecule has 0 N–H and O–H groups in total. The number of halogens is 2. The molecule has 1 nitrogen and oxygen atoms in total. The predicted octanol–water partition coefficient (Wildman–Crippen LogP) is 5.30. The van der Waals surface area contributed by atoms with Gasteiger partial charge in [0, 0.05) is 11.4 Å². The maximum Gasteiger partial charge on any atom is 0.123 e. The summed E-state index contributed by atoms with van der Waals surface area (Å²) in [6.45, 7) is 4.10. The average molecular weight is 307 g/mol. The molecule has 1 aliphatic heterocycles. The van der Waals surface area contributed by atoms with Crippen molar-refractivity contribution < 1.29 is 4.74 Å². The molecule has 3 heteroatoms. The normalized spacial score (nSPS) is 18.5. The van der Waals surface area contributed by atoms with E-state index in [0.29, 0.717) is 0 Å². The molecule has 0 radical (unpaired) electrons. The van der Waals surface area contributed by atoms with Crippen LogP contribution in [0.15, 0.2) is 36.4 Å². The Morgan fingerprint density at radius 3 is 2.75 bits per heavy atom. The molecule has 20 heavy (non-hydrogen) atoms. The lowest BCUT2D eigenvalue weighted by molar-refractivity contribution is 0.254. The van der Waals surface area contributed by atoms with Gasteiger partial charge in [-0.15, -0.1) is 11.6 Å². The quantitative estimate of drug-likeness (QED) is 0.684. The van der Waals surface area contributed by atoms with Gasteiger partial charge in [0.15, 0.2) is 0 Å². The first-order valence-corrected chi connectivity index (χ1v) is 7.55. The van der Waals surface area contributed by atoms with E-state index in [-0.39, 0.29) is 11.5 Å². The maximum atomic E-state index is 6.60. The fraction of sp³-hybridized carbons (Fsp3) is 0.294. The third kappa shape index (κ3) is 2.53. The zero-order valence-corrected chi connectivity index (χ0v) is 13.0. The lowest BCUT2D eigenvalue weighted by Gasteiger charge is -2.13. The summed E-state index contributed by atoms with van der Waals surface area (Å²) < 4.78 is 5.72. The summed E-state index contributed by atoms with van der Waals surface area (Å²) in [5, 5.41) is 0.486. The minimum Gasteiger partial charge on any atom is -0.490 e. The first kappa shape index (κ1) is 13.8. The molecule has 0 aliphatic carbocycles. The number of rotatable bonds is 2. The van der Waals surface area contributed by atoms with Gasteiger partial charge < -0.3 is 4.74 Å². The molecule has 0 saturated heterocycles. The Balaban J connectivity index is 1.95. The lowest BCUT2D eigenvalue weighted by atomic mass is 10.00. The smallest absolute Gasteiger partial charge is 0.123 e. The minimum absolute atomic E-state index is 0.232. The van der Waals surface area contributed by atoms with Gasteiger partial charge in [0.05, 0.1) is 5.38 Å². The monoisotopic (exact) mass is 306 g/mol. The first-order valence-electron chi connectivity index (χ1n) is 6.74. The van der Waals surface area contributed by atoms with E-state index in [1.54, 1.807) is 0 Å². The average Bonchev–Trinajstić information content (AvgIpc) is 2.77. The van der Waals surface area contributed by atoms with Crippen LogP contribution in [0.4, 0.5) is 0 Å². The Bertz CT molecular complexity index is 651. The number of ether oxygens (including phenoxy) is 1. The second-order valence-electron chi connectivity index (χ2n) is 5.39. The summed E-state index contributed by atoms with van der Waals surface area (Å²) in [6.07, 6.45) is 1.19. The number of hydrogen-bond acceptors (Lipinski definition) is 1. The van der Waals surface area contributed by atoms with Crippen LogP contribution in [-0.2, 0) is 6.42 Å². The summed E-state index contributed by atoms with van der Waals surface area (Å²) in [5.41, 5.74) is 4.38. The number of hydrogen-bond donors (Lipinski definition) is 0. The Kier molecular flexibility index (Phi) is 3.66. The van der Waals surface area contributed by atoms with Gasteiger partial charge in [0.2, 0.25) is 0 Å². The van der Waals surface area contributed by atoms with Crippen LogP contribution in [0.2, 0.25) is 5.02 Å². The fourth-order valence-corrected chi connectivity index (χ4v) is 3.34. The molecule has 1 heterocycles. The van der Waals surface area contributed by atoms with Gasteiger partial charge in [-0.25, -0.2) is 0 Å². The second-order valence-corrected chi connectivity index (χ2v) is 6.23. The van der Waals surface area contributed by atoms with Crippen LogP contribution in [-0.4, -0.2) is 6.10 Å². The third-order valence-corrected chi connectivity index (χ3v) is 4.46. The van der Waals surface area contributed by atoms with Crippen molar-refractivity contribution in [2.75, 3.05) is 0 Å². The van der Waals surface area contributed by atoms with Crippen LogP contribution >= 0.6 is 23.2 Å². The van der Waals surface area contributed by atoms with E-state index < -0.39 is 0 Å². The van der Waals surface area contributed by atoms with E-state index in [1.165, 1.54) is 5.56 Å².